The smallest absolute Gasteiger partial charge is 0.243 e. The van der Waals surface area contributed by atoms with Crippen LogP contribution in [0, 0.1) is 0 Å². The summed E-state index contributed by atoms with van der Waals surface area (Å²) in [6.45, 7) is 0.875. The maximum Gasteiger partial charge on any atom is 0.243 e. The fourth-order valence-electron chi connectivity index (χ4n) is 3.01. The van der Waals surface area contributed by atoms with Gasteiger partial charge in [0.05, 0.1) is 5.52 Å². The highest BCUT2D eigenvalue weighted by molar-refractivity contribution is 5.74. The number of hydrogen-bond donors (Lipinski definition) is 1. The van der Waals surface area contributed by atoms with Gasteiger partial charge in [0.15, 0.2) is 0 Å². The zero-order valence-electron chi connectivity index (χ0n) is 12.1. The maximum absolute atomic E-state index is 4.52. The van der Waals surface area contributed by atoms with Crippen LogP contribution in [0.25, 0.3) is 11.0 Å². The van der Waals surface area contributed by atoms with Crippen molar-refractivity contribution in [2.75, 3.05) is 26.0 Å². The molecule has 0 radical (unpaired) electrons. The number of benzene rings is 1. The van der Waals surface area contributed by atoms with Crippen molar-refractivity contribution in [1.82, 2.24) is 20.1 Å². The molecule has 1 fully saturated rings. The summed E-state index contributed by atoms with van der Waals surface area (Å²) >= 11 is 0. The first-order chi connectivity index (χ1) is 9.70. The molecule has 0 saturated heterocycles. The van der Waals surface area contributed by atoms with Gasteiger partial charge in [-0.25, -0.2) is 4.98 Å². The van der Waals surface area contributed by atoms with Crippen LogP contribution in [0.2, 0.25) is 0 Å². The Morgan fingerprint density at radius 1 is 1.10 bits per heavy atom. The molecule has 1 heterocycles. The summed E-state index contributed by atoms with van der Waals surface area (Å²) in [4.78, 5) is 6.86. The topological polar surface area (TPSA) is 53.9 Å². The Labute approximate surface area is 119 Å². The normalized spacial score (nSPS) is 17.8. The van der Waals surface area contributed by atoms with Gasteiger partial charge in [0.2, 0.25) is 5.95 Å². The van der Waals surface area contributed by atoms with Gasteiger partial charge in [-0.05, 0) is 39.1 Å². The minimum atomic E-state index is 0.231. The lowest BCUT2D eigenvalue weighted by Crippen LogP contribution is -2.47. The van der Waals surface area contributed by atoms with Crippen molar-refractivity contribution < 1.29 is 0 Å². The molecule has 1 aromatic heterocycles. The molecule has 0 atom stereocenters. The largest absolute Gasteiger partial charge is 0.351 e. The van der Waals surface area contributed by atoms with Crippen molar-refractivity contribution in [3.05, 3.63) is 24.3 Å². The van der Waals surface area contributed by atoms with Gasteiger partial charge in [0.25, 0.3) is 0 Å². The number of aromatic nitrogens is 3. The van der Waals surface area contributed by atoms with Crippen LogP contribution in [0.3, 0.4) is 0 Å². The van der Waals surface area contributed by atoms with Crippen molar-refractivity contribution in [3.8, 4) is 0 Å². The second-order valence-corrected chi connectivity index (χ2v) is 5.80. The number of fused-ring (bicyclic) bond motifs is 1. The average molecular weight is 271 g/mol. The van der Waals surface area contributed by atoms with Crippen LogP contribution in [0.1, 0.15) is 25.7 Å². The van der Waals surface area contributed by atoms with E-state index in [2.05, 4.69) is 39.5 Å². The second kappa shape index (κ2) is 5.32. The number of likely N-dealkylation sites (N-methyl/N-ethyl adjacent to an activating group) is 1. The summed E-state index contributed by atoms with van der Waals surface area (Å²) < 4.78 is 0. The lowest BCUT2D eigenvalue weighted by Gasteiger charge is -2.36. The van der Waals surface area contributed by atoms with Crippen LogP contribution in [-0.4, -0.2) is 46.3 Å². The van der Waals surface area contributed by atoms with Crippen LogP contribution in [-0.2, 0) is 0 Å². The van der Waals surface area contributed by atoms with Gasteiger partial charge in [-0.2, -0.15) is 0 Å². The van der Waals surface area contributed by atoms with Crippen LogP contribution in [0.5, 0.6) is 0 Å². The molecule has 20 heavy (non-hydrogen) atoms. The summed E-state index contributed by atoms with van der Waals surface area (Å²) in [5.41, 5.74) is 1.95. The molecule has 1 aliphatic carbocycles. The quantitative estimate of drug-likeness (QED) is 0.924. The number of para-hydroxylation sites is 1. The summed E-state index contributed by atoms with van der Waals surface area (Å²) in [5.74, 6) is 0.622. The fourth-order valence-corrected chi connectivity index (χ4v) is 3.01. The number of anilines is 1. The van der Waals surface area contributed by atoms with E-state index in [0.717, 1.165) is 17.6 Å². The molecule has 1 saturated carbocycles. The molecular formula is C15H21N5. The van der Waals surface area contributed by atoms with E-state index in [1.165, 1.54) is 25.7 Å². The zero-order chi connectivity index (χ0) is 14.0. The van der Waals surface area contributed by atoms with Gasteiger partial charge in [0, 0.05) is 12.1 Å². The van der Waals surface area contributed by atoms with E-state index >= 15 is 0 Å². The molecule has 5 heteroatoms. The summed E-state index contributed by atoms with van der Waals surface area (Å²) in [5, 5.41) is 11.7. The molecule has 3 rings (SSSR count). The van der Waals surface area contributed by atoms with E-state index in [4.69, 9.17) is 0 Å². The van der Waals surface area contributed by atoms with Crippen LogP contribution >= 0.6 is 0 Å². The van der Waals surface area contributed by atoms with E-state index in [1.54, 1.807) is 0 Å². The molecule has 1 aromatic carbocycles. The van der Waals surface area contributed by atoms with Crippen molar-refractivity contribution in [2.24, 2.45) is 0 Å². The Morgan fingerprint density at radius 2 is 1.80 bits per heavy atom. The second-order valence-electron chi connectivity index (χ2n) is 5.80. The molecule has 1 aliphatic rings. The van der Waals surface area contributed by atoms with E-state index in [-0.39, 0.29) is 5.54 Å². The van der Waals surface area contributed by atoms with E-state index in [1.807, 2.05) is 24.3 Å². The van der Waals surface area contributed by atoms with Crippen LogP contribution < -0.4 is 5.32 Å². The molecule has 0 bridgehead atoms. The molecule has 106 valence electrons. The number of hydrogen-bond acceptors (Lipinski definition) is 5. The average Bonchev–Trinajstić information content (AvgIpc) is 2.95. The highest BCUT2D eigenvalue weighted by Gasteiger charge is 2.35. The monoisotopic (exact) mass is 271 g/mol. The summed E-state index contributed by atoms with van der Waals surface area (Å²) in [7, 11) is 4.32. The molecule has 0 amide bonds. The van der Waals surface area contributed by atoms with E-state index in [0.29, 0.717) is 5.95 Å². The molecule has 5 nitrogen and oxygen atoms in total. The third-order valence-electron chi connectivity index (χ3n) is 4.42. The summed E-state index contributed by atoms with van der Waals surface area (Å²) in [6.07, 6.45) is 5.06. The first-order valence-electron chi connectivity index (χ1n) is 7.20. The Morgan fingerprint density at radius 3 is 2.50 bits per heavy atom. The van der Waals surface area contributed by atoms with Crippen molar-refractivity contribution in [3.63, 3.8) is 0 Å². The third-order valence-corrected chi connectivity index (χ3v) is 4.42. The number of nitrogens with zero attached hydrogens (tertiary/aromatic N) is 4. The van der Waals surface area contributed by atoms with Crippen molar-refractivity contribution in [1.29, 1.82) is 0 Å². The molecule has 0 aliphatic heterocycles. The first-order valence-corrected chi connectivity index (χ1v) is 7.20. The minimum absolute atomic E-state index is 0.231. The Bertz CT molecular complexity index is 590. The van der Waals surface area contributed by atoms with Crippen molar-refractivity contribution >= 4 is 17.0 Å². The summed E-state index contributed by atoms with van der Waals surface area (Å²) in [6, 6.07) is 7.81. The molecule has 1 N–H and O–H groups in total. The maximum atomic E-state index is 4.52. The van der Waals surface area contributed by atoms with Gasteiger partial charge >= 0.3 is 0 Å². The van der Waals surface area contributed by atoms with Gasteiger partial charge in [-0.15, -0.1) is 10.2 Å². The predicted octanol–water partition coefficient (Wildman–Crippen LogP) is 2.31. The SMILES string of the molecule is CN(C)C1(CNc2nnc3ccccc3n2)CCCC1. The molecule has 0 unspecified atom stereocenters. The van der Waals surface area contributed by atoms with Gasteiger partial charge in [0.1, 0.15) is 5.52 Å². The predicted molar refractivity (Wildman–Crippen MR) is 80.7 cm³/mol. The van der Waals surface area contributed by atoms with Crippen LogP contribution in [0.4, 0.5) is 5.95 Å². The zero-order valence-corrected chi connectivity index (χ0v) is 12.1. The standard InChI is InChI=1S/C15H21N5/c1-20(2)15(9-5-6-10-15)11-16-14-17-12-7-3-4-8-13(12)18-19-14/h3-4,7-8H,5-6,9-11H2,1-2H3,(H,16,17,19). The van der Waals surface area contributed by atoms with Crippen molar-refractivity contribution in [2.45, 2.75) is 31.2 Å². The Balaban J connectivity index is 1.76. The first kappa shape index (κ1) is 13.2. The highest BCUT2D eigenvalue weighted by Crippen LogP contribution is 2.33. The fraction of sp³-hybridized carbons (Fsp3) is 0.533. The Kier molecular flexibility index (Phi) is 3.53. The molecule has 0 spiro atoms. The van der Waals surface area contributed by atoms with E-state index in [9.17, 15) is 0 Å². The van der Waals surface area contributed by atoms with Crippen LogP contribution in [0.15, 0.2) is 24.3 Å². The van der Waals surface area contributed by atoms with Gasteiger partial charge in [-0.1, -0.05) is 25.0 Å². The van der Waals surface area contributed by atoms with E-state index < -0.39 is 0 Å². The van der Waals surface area contributed by atoms with Gasteiger partial charge in [-0.3, -0.25) is 0 Å². The number of rotatable bonds is 4. The molecule has 2 aromatic rings. The minimum Gasteiger partial charge on any atom is -0.351 e. The lowest BCUT2D eigenvalue weighted by atomic mass is 9.96. The Hall–Kier alpha value is -1.75. The number of nitrogens with one attached hydrogen (secondary N) is 1. The lowest BCUT2D eigenvalue weighted by molar-refractivity contribution is 0.172. The third kappa shape index (κ3) is 2.45. The highest BCUT2D eigenvalue weighted by atomic mass is 15.3. The van der Waals surface area contributed by atoms with Gasteiger partial charge < -0.3 is 10.2 Å². The molecular weight excluding hydrogens is 250 g/mol.